The van der Waals surface area contributed by atoms with Gasteiger partial charge in [0.25, 0.3) is 0 Å². The normalized spacial score (nSPS) is 11.3. The number of thioether (sulfide) groups is 1. The number of oxime groups is 1. The van der Waals surface area contributed by atoms with Crippen LogP contribution in [0.3, 0.4) is 0 Å². The van der Waals surface area contributed by atoms with Crippen molar-refractivity contribution in [3.63, 3.8) is 0 Å². The molecule has 0 spiro atoms. The minimum absolute atomic E-state index is 0.217. The molecule has 2 aromatic carbocycles. The van der Waals surface area contributed by atoms with Gasteiger partial charge < -0.3 is 9.57 Å². The van der Waals surface area contributed by atoms with Crippen molar-refractivity contribution in [2.75, 3.05) is 13.0 Å². The Labute approximate surface area is 176 Å². The highest BCUT2D eigenvalue weighted by molar-refractivity contribution is 7.99. The second-order valence-electron chi connectivity index (χ2n) is 6.50. The van der Waals surface area contributed by atoms with Crippen LogP contribution >= 0.6 is 11.8 Å². The lowest BCUT2D eigenvalue weighted by Gasteiger charge is -2.07. The van der Waals surface area contributed by atoms with E-state index in [4.69, 9.17) is 9.57 Å². The quantitative estimate of drug-likeness (QED) is 0.0843. The topological polar surface area (TPSA) is 65.0 Å². The zero-order chi connectivity index (χ0) is 20.9. The lowest BCUT2D eigenvalue weighted by Crippen LogP contribution is -2.16. The molecule has 2 rings (SSSR count). The minimum Gasteiger partial charge on any atom is -0.374 e. The van der Waals surface area contributed by atoms with Crippen molar-refractivity contribution in [2.24, 2.45) is 5.16 Å². The van der Waals surface area contributed by atoms with Gasteiger partial charge in [-0.15, -0.1) is 0 Å². The van der Waals surface area contributed by atoms with Crippen LogP contribution in [-0.4, -0.2) is 30.5 Å². The molecule has 0 heterocycles. The fourth-order valence-electron chi connectivity index (χ4n) is 2.64. The van der Waals surface area contributed by atoms with Gasteiger partial charge >= 0.3 is 5.97 Å². The van der Waals surface area contributed by atoms with Crippen LogP contribution in [0.15, 0.2) is 64.6 Å². The van der Waals surface area contributed by atoms with E-state index in [1.165, 1.54) is 0 Å². The summed E-state index contributed by atoms with van der Waals surface area (Å²) in [7, 11) is 1.64. The number of hydrogen-bond acceptors (Lipinski definition) is 6. The smallest absolute Gasteiger partial charge is 0.365 e. The Hall–Kier alpha value is -2.44. The Kier molecular flexibility index (Phi) is 10.2. The average Bonchev–Trinajstić information content (AvgIpc) is 2.77. The number of Topliss-reactive ketones (excluding diaryl/α,β-unsaturated/α-hetero) is 1. The van der Waals surface area contributed by atoms with E-state index < -0.39 is 5.97 Å². The van der Waals surface area contributed by atoms with Crippen LogP contribution in [0.1, 0.15) is 59.7 Å². The van der Waals surface area contributed by atoms with E-state index in [-0.39, 0.29) is 11.5 Å². The van der Waals surface area contributed by atoms with Gasteiger partial charge in [-0.2, -0.15) is 0 Å². The summed E-state index contributed by atoms with van der Waals surface area (Å²) in [6.07, 6.45) is 4.49. The maximum absolute atomic E-state index is 12.9. The van der Waals surface area contributed by atoms with E-state index in [0.717, 1.165) is 30.6 Å². The number of benzene rings is 2. The monoisotopic (exact) mass is 413 g/mol. The van der Waals surface area contributed by atoms with Crippen LogP contribution in [0.4, 0.5) is 0 Å². The van der Waals surface area contributed by atoms with Crippen molar-refractivity contribution < 1.29 is 19.2 Å². The molecule has 6 heteroatoms. The molecule has 0 bridgehead atoms. The molecule has 0 amide bonds. The van der Waals surface area contributed by atoms with Gasteiger partial charge in [-0.3, -0.25) is 4.79 Å². The van der Waals surface area contributed by atoms with Crippen molar-refractivity contribution in [1.82, 2.24) is 0 Å². The van der Waals surface area contributed by atoms with Crippen LogP contribution in [0.5, 0.6) is 0 Å². The number of carbonyl (C=O) groups is 2. The Morgan fingerprint density at radius 3 is 2.31 bits per heavy atom. The summed E-state index contributed by atoms with van der Waals surface area (Å²) in [5.41, 5.74) is 1.19. The van der Waals surface area contributed by atoms with Gasteiger partial charge in [0, 0.05) is 17.6 Å². The van der Waals surface area contributed by atoms with E-state index in [2.05, 4.69) is 12.1 Å². The zero-order valence-corrected chi connectivity index (χ0v) is 17.7. The molecule has 154 valence electrons. The lowest BCUT2D eigenvalue weighted by atomic mass is 10.0. The summed E-state index contributed by atoms with van der Waals surface area (Å²) in [5, 5.41) is 3.94. The van der Waals surface area contributed by atoms with E-state index in [1.807, 2.05) is 18.2 Å². The third-order valence-corrected chi connectivity index (χ3v) is 5.20. The fourth-order valence-corrected chi connectivity index (χ4v) is 3.22. The molecule has 0 N–H and O–H groups in total. The second-order valence-corrected chi connectivity index (χ2v) is 7.49. The van der Waals surface area contributed by atoms with Crippen LogP contribution < -0.4 is 0 Å². The first-order chi connectivity index (χ1) is 14.2. The van der Waals surface area contributed by atoms with Crippen molar-refractivity contribution >= 4 is 29.2 Å². The molecule has 0 aliphatic carbocycles. The maximum atomic E-state index is 12.9. The maximum Gasteiger partial charge on any atom is 0.365 e. The molecular formula is C23H27NO4S. The first kappa shape index (κ1) is 22.8. The number of hydrogen-bond donors (Lipinski definition) is 0. The number of methoxy groups -OCH3 is 1. The summed E-state index contributed by atoms with van der Waals surface area (Å²) >= 11 is 1.55. The lowest BCUT2D eigenvalue weighted by molar-refractivity contribution is 0.0514. The molecule has 0 saturated heterocycles. The van der Waals surface area contributed by atoms with E-state index in [0.29, 0.717) is 23.5 Å². The van der Waals surface area contributed by atoms with Crippen LogP contribution in [0, 0.1) is 0 Å². The number of nitrogens with zero attached hydrogens (tertiary/aromatic N) is 1. The molecule has 0 saturated carbocycles. The molecule has 0 radical (unpaired) electrons. The second kappa shape index (κ2) is 12.9. The average molecular weight is 414 g/mol. The van der Waals surface area contributed by atoms with E-state index in [9.17, 15) is 9.59 Å². The number of ether oxygens (including phenoxy) is 1. The fraction of sp³-hybridized carbons (Fsp3) is 0.348. The standard InChI is InChI=1S/C23H27NO4S/c1-3-4-5-9-12-21(24-28-23(26)19-10-7-6-8-11-19)22(25)18-13-15-20(16-14-18)29-17-27-2/h6-8,10-11,13-16H,3-5,9,12,17H2,1-2H3/b24-21+. The minimum atomic E-state index is -0.573. The van der Waals surface area contributed by atoms with E-state index in [1.54, 1.807) is 55.3 Å². The van der Waals surface area contributed by atoms with Gasteiger partial charge in [0.2, 0.25) is 5.78 Å². The largest absolute Gasteiger partial charge is 0.374 e. The molecule has 5 nitrogen and oxygen atoms in total. The van der Waals surface area contributed by atoms with Crippen molar-refractivity contribution in [3.05, 3.63) is 65.7 Å². The summed E-state index contributed by atoms with van der Waals surface area (Å²) in [4.78, 5) is 31.2. The molecule has 2 aromatic rings. The molecule has 0 fully saturated rings. The molecule has 0 atom stereocenters. The molecule has 29 heavy (non-hydrogen) atoms. The first-order valence-electron chi connectivity index (χ1n) is 9.75. The molecule has 0 aliphatic rings. The Bertz CT molecular complexity index is 803. The molecule has 0 aliphatic heterocycles. The van der Waals surface area contributed by atoms with Crippen LogP contribution in [-0.2, 0) is 9.57 Å². The summed E-state index contributed by atoms with van der Waals surface area (Å²) in [6.45, 7) is 2.13. The molecular weight excluding hydrogens is 386 g/mol. The van der Waals surface area contributed by atoms with Crippen molar-refractivity contribution in [1.29, 1.82) is 0 Å². The number of ketones is 1. The number of carbonyl (C=O) groups excluding carboxylic acids is 2. The Balaban J connectivity index is 2.10. The number of rotatable bonds is 12. The third-order valence-electron chi connectivity index (χ3n) is 4.24. The van der Waals surface area contributed by atoms with Crippen molar-refractivity contribution in [2.45, 2.75) is 43.9 Å². The zero-order valence-electron chi connectivity index (χ0n) is 16.9. The highest BCUT2D eigenvalue weighted by atomic mass is 32.2. The van der Waals surface area contributed by atoms with Crippen LogP contribution in [0.25, 0.3) is 0 Å². The third kappa shape index (κ3) is 7.83. The van der Waals surface area contributed by atoms with Gasteiger partial charge in [0.15, 0.2) is 0 Å². The van der Waals surface area contributed by atoms with Gasteiger partial charge in [-0.25, -0.2) is 4.79 Å². The SMILES string of the molecule is CCCCCC/C(=N\OC(=O)c1ccccc1)C(=O)c1ccc(SCOC)cc1. The number of unbranched alkanes of at least 4 members (excludes halogenated alkanes) is 3. The van der Waals surface area contributed by atoms with Crippen molar-refractivity contribution in [3.8, 4) is 0 Å². The van der Waals surface area contributed by atoms with Crippen LogP contribution in [0.2, 0.25) is 0 Å². The highest BCUT2D eigenvalue weighted by Crippen LogP contribution is 2.19. The van der Waals surface area contributed by atoms with E-state index >= 15 is 0 Å². The Morgan fingerprint density at radius 1 is 0.931 bits per heavy atom. The van der Waals surface area contributed by atoms with Gasteiger partial charge in [0.05, 0.1) is 11.5 Å². The first-order valence-corrected chi connectivity index (χ1v) is 10.7. The molecule has 0 aromatic heterocycles. The van der Waals surface area contributed by atoms with Gasteiger partial charge in [0.1, 0.15) is 5.71 Å². The molecule has 0 unspecified atom stereocenters. The van der Waals surface area contributed by atoms with Gasteiger partial charge in [-0.05, 0) is 49.2 Å². The predicted octanol–water partition coefficient (Wildman–Crippen LogP) is 5.75. The summed E-state index contributed by atoms with van der Waals surface area (Å²) < 4.78 is 5.05. The summed E-state index contributed by atoms with van der Waals surface area (Å²) in [6, 6.07) is 15.9. The van der Waals surface area contributed by atoms with Gasteiger partial charge in [-0.1, -0.05) is 61.3 Å². The summed E-state index contributed by atoms with van der Waals surface area (Å²) in [5.74, 6) is -0.242. The predicted molar refractivity (Wildman–Crippen MR) is 117 cm³/mol. The highest BCUT2D eigenvalue weighted by Gasteiger charge is 2.16. The Morgan fingerprint density at radius 2 is 1.66 bits per heavy atom.